The molecule has 0 N–H and O–H groups in total. The molecule has 62 valence electrons. The van der Waals surface area contributed by atoms with E-state index in [1.807, 2.05) is 17.5 Å². The monoisotopic (exact) mass is 245 g/mol. The summed E-state index contributed by atoms with van der Waals surface area (Å²) in [6.45, 7) is 1.91. The van der Waals surface area contributed by atoms with Crippen LogP contribution in [0.1, 0.15) is 5.69 Å². The molecule has 0 spiro atoms. The molecule has 2 aromatic rings. The van der Waals surface area contributed by atoms with Gasteiger partial charge < -0.3 is 0 Å². The largest absolute Gasteiger partial charge is 0.290 e. The number of aryl methyl sites for hydroxylation is 1. The molecule has 0 aliphatic rings. The molecule has 0 saturated carbocycles. The Bertz CT molecular complexity index is 437. The topological polar surface area (TPSA) is 30.2 Å². The van der Waals surface area contributed by atoms with E-state index in [9.17, 15) is 0 Å². The summed E-state index contributed by atoms with van der Waals surface area (Å²) in [7, 11) is 0. The predicted molar refractivity (Wildman–Crippen MR) is 50.4 cm³/mol. The minimum atomic E-state index is 0.423. The summed E-state index contributed by atoms with van der Waals surface area (Å²) in [6.07, 6.45) is 3.45. The molecule has 0 radical (unpaired) electrons. The van der Waals surface area contributed by atoms with Crippen LogP contribution in [0.5, 0.6) is 0 Å². The summed E-state index contributed by atoms with van der Waals surface area (Å²) in [6, 6.07) is 0. The summed E-state index contributed by atoms with van der Waals surface area (Å²) in [4.78, 5) is 8.16. The van der Waals surface area contributed by atoms with Gasteiger partial charge in [0.15, 0.2) is 10.8 Å². The molecule has 12 heavy (non-hydrogen) atoms. The van der Waals surface area contributed by atoms with Crippen molar-refractivity contribution in [1.29, 1.82) is 0 Å². The summed E-state index contributed by atoms with van der Waals surface area (Å²) < 4.78 is 2.77. The number of nitrogens with zero attached hydrogens (tertiary/aromatic N) is 3. The quantitative estimate of drug-likeness (QED) is 0.715. The second kappa shape index (κ2) is 2.71. The standard InChI is InChI=1S/C7H5BrClN3/c1-4-5(8)12-3-2-10-6(9)7(12)11-4/h2-3H,1H3. The van der Waals surface area contributed by atoms with Gasteiger partial charge in [-0.2, -0.15) is 0 Å². The first-order chi connectivity index (χ1) is 5.70. The van der Waals surface area contributed by atoms with Crippen molar-refractivity contribution >= 4 is 33.2 Å². The molecular weight excluding hydrogens is 241 g/mol. The van der Waals surface area contributed by atoms with Gasteiger partial charge in [-0.1, -0.05) is 11.6 Å². The third-order valence-electron chi connectivity index (χ3n) is 1.60. The van der Waals surface area contributed by atoms with Crippen LogP contribution in [0.15, 0.2) is 17.0 Å². The maximum absolute atomic E-state index is 5.83. The van der Waals surface area contributed by atoms with Gasteiger partial charge in [-0.05, 0) is 22.9 Å². The second-order valence-corrected chi connectivity index (χ2v) is 3.51. The maximum Gasteiger partial charge on any atom is 0.176 e. The molecule has 2 aromatic heterocycles. The van der Waals surface area contributed by atoms with Crippen LogP contribution in [-0.4, -0.2) is 14.4 Å². The Balaban J connectivity index is 2.95. The van der Waals surface area contributed by atoms with E-state index in [1.54, 1.807) is 6.20 Å². The first kappa shape index (κ1) is 8.01. The van der Waals surface area contributed by atoms with E-state index in [1.165, 1.54) is 0 Å². The minimum Gasteiger partial charge on any atom is -0.290 e. The molecule has 0 fully saturated rings. The van der Waals surface area contributed by atoms with Crippen molar-refractivity contribution in [3.8, 4) is 0 Å². The lowest BCUT2D eigenvalue weighted by atomic mass is 10.6. The third-order valence-corrected chi connectivity index (χ3v) is 2.82. The zero-order valence-electron chi connectivity index (χ0n) is 6.25. The van der Waals surface area contributed by atoms with Gasteiger partial charge in [0.1, 0.15) is 4.60 Å². The summed E-state index contributed by atoms with van der Waals surface area (Å²) in [5.41, 5.74) is 1.59. The first-order valence-electron chi connectivity index (χ1n) is 3.35. The highest BCUT2D eigenvalue weighted by atomic mass is 79.9. The molecule has 0 aromatic carbocycles. The SMILES string of the molecule is Cc1nc2c(Cl)nccn2c1Br. The van der Waals surface area contributed by atoms with Gasteiger partial charge in [-0.25, -0.2) is 9.97 Å². The van der Waals surface area contributed by atoms with E-state index in [4.69, 9.17) is 11.6 Å². The van der Waals surface area contributed by atoms with E-state index in [0.29, 0.717) is 10.8 Å². The predicted octanol–water partition coefficient (Wildman–Crippen LogP) is 2.45. The highest BCUT2D eigenvalue weighted by Gasteiger charge is 2.07. The molecule has 5 heteroatoms. The molecule has 2 heterocycles. The summed E-state index contributed by atoms with van der Waals surface area (Å²) >= 11 is 9.23. The number of imidazole rings is 1. The lowest BCUT2D eigenvalue weighted by Gasteiger charge is -1.93. The van der Waals surface area contributed by atoms with Crippen LogP contribution in [0.3, 0.4) is 0 Å². The normalized spacial score (nSPS) is 10.9. The number of hydrogen-bond donors (Lipinski definition) is 0. The molecule has 0 amide bonds. The Morgan fingerprint density at radius 2 is 2.33 bits per heavy atom. The van der Waals surface area contributed by atoms with Crippen molar-refractivity contribution in [3.63, 3.8) is 0 Å². The van der Waals surface area contributed by atoms with Crippen molar-refractivity contribution in [2.75, 3.05) is 0 Å². The van der Waals surface area contributed by atoms with Crippen LogP contribution >= 0.6 is 27.5 Å². The van der Waals surface area contributed by atoms with Crippen LogP contribution in [0.2, 0.25) is 5.15 Å². The van der Waals surface area contributed by atoms with Gasteiger partial charge in [0.25, 0.3) is 0 Å². The van der Waals surface area contributed by atoms with Gasteiger partial charge in [0, 0.05) is 12.4 Å². The third kappa shape index (κ3) is 1.03. The molecule has 0 unspecified atom stereocenters. The van der Waals surface area contributed by atoms with Gasteiger partial charge in [-0.3, -0.25) is 4.40 Å². The van der Waals surface area contributed by atoms with Crippen LogP contribution in [-0.2, 0) is 0 Å². The molecule has 0 aliphatic carbocycles. The number of aromatic nitrogens is 3. The van der Waals surface area contributed by atoms with Crippen molar-refractivity contribution < 1.29 is 0 Å². The lowest BCUT2D eigenvalue weighted by Crippen LogP contribution is -1.86. The Morgan fingerprint density at radius 3 is 3.00 bits per heavy atom. The average molecular weight is 246 g/mol. The number of rotatable bonds is 0. The van der Waals surface area contributed by atoms with E-state index in [2.05, 4.69) is 25.9 Å². The Hall–Kier alpha value is -0.610. The average Bonchev–Trinajstić information content (AvgIpc) is 2.32. The Labute approximate surface area is 82.5 Å². The highest BCUT2D eigenvalue weighted by molar-refractivity contribution is 9.10. The van der Waals surface area contributed by atoms with Gasteiger partial charge in [0.2, 0.25) is 0 Å². The second-order valence-electron chi connectivity index (χ2n) is 2.40. The van der Waals surface area contributed by atoms with Crippen LogP contribution < -0.4 is 0 Å². The molecule has 2 rings (SSSR count). The van der Waals surface area contributed by atoms with E-state index in [-0.39, 0.29) is 0 Å². The minimum absolute atomic E-state index is 0.423. The molecule has 0 atom stereocenters. The van der Waals surface area contributed by atoms with Gasteiger partial charge in [-0.15, -0.1) is 0 Å². The van der Waals surface area contributed by atoms with Crippen LogP contribution in [0, 0.1) is 6.92 Å². The smallest absolute Gasteiger partial charge is 0.176 e. The maximum atomic E-state index is 5.83. The van der Waals surface area contributed by atoms with Gasteiger partial charge in [0.05, 0.1) is 5.69 Å². The van der Waals surface area contributed by atoms with E-state index >= 15 is 0 Å². The molecule has 0 saturated heterocycles. The number of hydrogen-bond acceptors (Lipinski definition) is 2. The fourth-order valence-corrected chi connectivity index (χ4v) is 1.60. The summed E-state index contributed by atoms with van der Waals surface area (Å²) in [5, 5.41) is 0.423. The van der Waals surface area contributed by atoms with Crippen molar-refractivity contribution in [3.05, 3.63) is 27.8 Å². The Kier molecular flexibility index (Phi) is 1.81. The van der Waals surface area contributed by atoms with Gasteiger partial charge >= 0.3 is 0 Å². The van der Waals surface area contributed by atoms with E-state index < -0.39 is 0 Å². The van der Waals surface area contributed by atoms with Crippen LogP contribution in [0.25, 0.3) is 5.65 Å². The zero-order valence-corrected chi connectivity index (χ0v) is 8.59. The fraction of sp³-hybridized carbons (Fsp3) is 0.143. The first-order valence-corrected chi connectivity index (χ1v) is 4.52. The molecule has 0 bridgehead atoms. The molecule has 0 aliphatic heterocycles. The Morgan fingerprint density at radius 1 is 1.58 bits per heavy atom. The highest BCUT2D eigenvalue weighted by Crippen LogP contribution is 2.21. The van der Waals surface area contributed by atoms with Crippen molar-refractivity contribution in [1.82, 2.24) is 14.4 Å². The molecule has 3 nitrogen and oxygen atoms in total. The number of halogens is 2. The van der Waals surface area contributed by atoms with Crippen LogP contribution in [0.4, 0.5) is 0 Å². The summed E-state index contributed by atoms with van der Waals surface area (Å²) in [5.74, 6) is 0. The van der Waals surface area contributed by atoms with Crippen molar-refractivity contribution in [2.45, 2.75) is 6.92 Å². The van der Waals surface area contributed by atoms with Crippen molar-refractivity contribution in [2.24, 2.45) is 0 Å². The lowest BCUT2D eigenvalue weighted by molar-refractivity contribution is 1.10. The number of fused-ring (bicyclic) bond motifs is 1. The zero-order chi connectivity index (χ0) is 8.72. The fourth-order valence-electron chi connectivity index (χ4n) is 1.03. The molecular formula is C7H5BrClN3. The van der Waals surface area contributed by atoms with E-state index in [0.717, 1.165) is 10.3 Å².